The van der Waals surface area contributed by atoms with Gasteiger partial charge in [0, 0.05) is 6.92 Å². The second-order valence-corrected chi connectivity index (χ2v) is 4.69. The Kier molecular flexibility index (Phi) is 4.93. The summed E-state index contributed by atoms with van der Waals surface area (Å²) in [6, 6.07) is 7.43. The monoisotopic (exact) mass is 302 g/mol. The van der Waals surface area contributed by atoms with Crippen molar-refractivity contribution in [3.8, 4) is 5.75 Å². The zero-order valence-electron chi connectivity index (χ0n) is 12.8. The lowest BCUT2D eigenvalue weighted by Crippen LogP contribution is -2.14. The van der Waals surface area contributed by atoms with E-state index in [0.29, 0.717) is 6.54 Å². The minimum atomic E-state index is -0.534. The maximum absolute atomic E-state index is 11.9. The molecule has 0 aliphatic rings. The van der Waals surface area contributed by atoms with Gasteiger partial charge < -0.3 is 9.47 Å². The second kappa shape index (κ2) is 6.89. The summed E-state index contributed by atoms with van der Waals surface area (Å²) in [4.78, 5) is 23.7. The minimum absolute atomic E-state index is 0.197. The number of esters is 1. The van der Waals surface area contributed by atoms with Crippen LogP contribution in [0.3, 0.4) is 0 Å². The highest BCUT2D eigenvalue weighted by Gasteiger charge is 2.21. The molecule has 0 N–H and O–H groups in total. The first-order valence-electron chi connectivity index (χ1n) is 6.93. The predicted molar refractivity (Wildman–Crippen MR) is 80.3 cm³/mol. The zero-order chi connectivity index (χ0) is 16.1. The van der Waals surface area contributed by atoms with E-state index in [-0.39, 0.29) is 23.6 Å². The molecule has 0 amide bonds. The van der Waals surface area contributed by atoms with Crippen LogP contribution in [-0.2, 0) is 11.3 Å². The lowest BCUT2D eigenvalue weighted by atomic mass is 10.1. The van der Waals surface area contributed by atoms with Crippen LogP contribution in [0.5, 0.6) is 5.75 Å². The molecule has 1 heterocycles. The Balaban J connectivity index is 2.30. The number of hydrogen-bond donors (Lipinski definition) is 0. The zero-order valence-corrected chi connectivity index (χ0v) is 12.8. The molecule has 1 aromatic carbocycles. The van der Waals surface area contributed by atoms with Gasteiger partial charge in [0.15, 0.2) is 5.78 Å². The minimum Gasteiger partial charge on any atom is -0.497 e. The van der Waals surface area contributed by atoms with Crippen molar-refractivity contribution in [1.29, 1.82) is 0 Å². The molecule has 1 aromatic heterocycles. The van der Waals surface area contributed by atoms with E-state index in [1.807, 2.05) is 24.3 Å². The number of rotatable bonds is 6. The SMILES string of the molecule is CCOC(=O)c1cnn(Cc2ccc(OC)cc2)c1C(C)=O. The standard InChI is InChI=1S/C16H18N2O4/c1-4-22-16(20)14-9-17-18(15(14)11(2)19)10-12-5-7-13(21-3)8-6-12/h5-9H,4,10H2,1-3H3. The molecule has 116 valence electrons. The number of ketones is 1. The van der Waals surface area contributed by atoms with Crippen molar-refractivity contribution in [3.63, 3.8) is 0 Å². The van der Waals surface area contributed by atoms with Crippen molar-refractivity contribution in [2.45, 2.75) is 20.4 Å². The van der Waals surface area contributed by atoms with Crippen LogP contribution in [-0.4, -0.2) is 35.2 Å². The molecule has 6 heteroatoms. The average Bonchev–Trinajstić information content (AvgIpc) is 2.92. The van der Waals surface area contributed by atoms with E-state index >= 15 is 0 Å². The summed E-state index contributed by atoms with van der Waals surface area (Å²) < 4.78 is 11.6. The number of methoxy groups -OCH3 is 1. The summed E-state index contributed by atoms with van der Waals surface area (Å²) in [6.45, 7) is 3.76. The van der Waals surface area contributed by atoms with Crippen LogP contribution in [0.2, 0.25) is 0 Å². The van der Waals surface area contributed by atoms with Crippen LogP contribution in [0.25, 0.3) is 0 Å². The molecular formula is C16H18N2O4. The summed E-state index contributed by atoms with van der Waals surface area (Å²) in [6.07, 6.45) is 1.37. The van der Waals surface area contributed by atoms with Gasteiger partial charge >= 0.3 is 5.97 Å². The number of Topliss-reactive ketones (excluding diaryl/α,β-unsaturated/α-hetero) is 1. The quantitative estimate of drug-likeness (QED) is 0.605. The van der Waals surface area contributed by atoms with E-state index in [2.05, 4.69) is 5.10 Å². The summed E-state index contributed by atoms with van der Waals surface area (Å²) in [5, 5.41) is 4.14. The lowest BCUT2D eigenvalue weighted by molar-refractivity contribution is 0.0523. The van der Waals surface area contributed by atoms with Crippen LogP contribution in [0.15, 0.2) is 30.5 Å². The smallest absolute Gasteiger partial charge is 0.342 e. The van der Waals surface area contributed by atoms with E-state index < -0.39 is 5.97 Å². The van der Waals surface area contributed by atoms with Crippen molar-refractivity contribution in [2.75, 3.05) is 13.7 Å². The summed E-state index contributed by atoms with van der Waals surface area (Å²) >= 11 is 0. The first-order chi connectivity index (χ1) is 10.6. The molecule has 6 nitrogen and oxygen atoms in total. The molecule has 0 bridgehead atoms. The number of benzene rings is 1. The van der Waals surface area contributed by atoms with Gasteiger partial charge in [-0.3, -0.25) is 9.48 Å². The van der Waals surface area contributed by atoms with Crippen molar-refractivity contribution in [3.05, 3.63) is 47.3 Å². The predicted octanol–water partition coefficient (Wildman–Crippen LogP) is 2.32. The normalized spacial score (nSPS) is 10.3. The maximum Gasteiger partial charge on any atom is 0.342 e. The van der Waals surface area contributed by atoms with Crippen molar-refractivity contribution < 1.29 is 19.1 Å². The Hall–Kier alpha value is -2.63. The first kappa shape index (κ1) is 15.8. The fourth-order valence-electron chi connectivity index (χ4n) is 2.14. The topological polar surface area (TPSA) is 70.4 Å². The van der Waals surface area contributed by atoms with Gasteiger partial charge in [-0.05, 0) is 24.6 Å². The number of carbonyl (C=O) groups excluding carboxylic acids is 2. The number of carbonyl (C=O) groups is 2. The third-order valence-corrected chi connectivity index (χ3v) is 3.16. The Morgan fingerprint density at radius 1 is 1.23 bits per heavy atom. The third kappa shape index (κ3) is 3.33. The molecule has 0 unspecified atom stereocenters. The van der Waals surface area contributed by atoms with E-state index in [0.717, 1.165) is 11.3 Å². The Bertz CT molecular complexity index is 674. The highest BCUT2D eigenvalue weighted by Crippen LogP contribution is 2.16. The highest BCUT2D eigenvalue weighted by atomic mass is 16.5. The molecule has 0 aliphatic heterocycles. The van der Waals surface area contributed by atoms with Gasteiger partial charge in [0.1, 0.15) is 17.0 Å². The Morgan fingerprint density at radius 3 is 2.45 bits per heavy atom. The molecule has 0 radical (unpaired) electrons. The van der Waals surface area contributed by atoms with Gasteiger partial charge in [0.2, 0.25) is 0 Å². The molecule has 0 fully saturated rings. The molecule has 0 saturated carbocycles. The Morgan fingerprint density at radius 2 is 1.91 bits per heavy atom. The van der Waals surface area contributed by atoms with Crippen LogP contribution in [0, 0.1) is 0 Å². The second-order valence-electron chi connectivity index (χ2n) is 4.69. The lowest BCUT2D eigenvalue weighted by Gasteiger charge is -2.08. The molecule has 2 aromatic rings. The molecule has 0 saturated heterocycles. The first-order valence-corrected chi connectivity index (χ1v) is 6.93. The number of aromatic nitrogens is 2. The number of ether oxygens (including phenoxy) is 2. The van der Waals surface area contributed by atoms with Crippen molar-refractivity contribution >= 4 is 11.8 Å². The molecule has 0 spiro atoms. The summed E-state index contributed by atoms with van der Waals surface area (Å²) in [5.74, 6) is -0.00837. The van der Waals surface area contributed by atoms with Gasteiger partial charge in [-0.1, -0.05) is 12.1 Å². The van der Waals surface area contributed by atoms with E-state index in [4.69, 9.17) is 9.47 Å². The number of nitrogens with zero attached hydrogens (tertiary/aromatic N) is 2. The average molecular weight is 302 g/mol. The van der Waals surface area contributed by atoms with Gasteiger partial charge in [-0.15, -0.1) is 0 Å². The molecule has 2 rings (SSSR count). The van der Waals surface area contributed by atoms with Gasteiger partial charge in [0.05, 0.1) is 26.5 Å². The largest absolute Gasteiger partial charge is 0.497 e. The third-order valence-electron chi connectivity index (χ3n) is 3.16. The van der Waals surface area contributed by atoms with Crippen LogP contribution in [0.4, 0.5) is 0 Å². The highest BCUT2D eigenvalue weighted by molar-refractivity contribution is 6.04. The van der Waals surface area contributed by atoms with Crippen molar-refractivity contribution in [1.82, 2.24) is 9.78 Å². The van der Waals surface area contributed by atoms with Gasteiger partial charge in [-0.2, -0.15) is 5.10 Å². The fraction of sp³-hybridized carbons (Fsp3) is 0.312. The van der Waals surface area contributed by atoms with E-state index in [9.17, 15) is 9.59 Å². The summed E-state index contributed by atoms with van der Waals surface area (Å²) in [7, 11) is 1.60. The van der Waals surface area contributed by atoms with E-state index in [1.165, 1.54) is 17.8 Å². The van der Waals surface area contributed by atoms with Crippen LogP contribution in [0.1, 0.15) is 40.3 Å². The van der Waals surface area contributed by atoms with Crippen LogP contribution < -0.4 is 4.74 Å². The molecule has 0 aliphatic carbocycles. The summed E-state index contributed by atoms with van der Waals surface area (Å²) in [5.41, 5.74) is 1.40. The van der Waals surface area contributed by atoms with Crippen molar-refractivity contribution in [2.24, 2.45) is 0 Å². The Labute approximate surface area is 128 Å². The molecule has 22 heavy (non-hydrogen) atoms. The molecule has 0 atom stereocenters. The van der Waals surface area contributed by atoms with E-state index in [1.54, 1.807) is 14.0 Å². The number of hydrogen-bond acceptors (Lipinski definition) is 5. The van der Waals surface area contributed by atoms with Crippen LogP contribution >= 0.6 is 0 Å². The maximum atomic E-state index is 11.9. The van der Waals surface area contributed by atoms with Gasteiger partial charge in [0.25, 0.3) is 0 Å². The van der Waals surface area contributed by atoms with Gasteiger partial charge in [-0.25, -0.2) is 4.79 Å². The fourth-order valence-corrected chi connectivity index (χ4v) is 2.14. The molecular weight excluding hydrogens is 284 g/mol.